The lowest BCUT2D eigenvalue weighted by Crippen LogP contribution is -2.18. The molecular weight excluding hydrogens is 184 g/mol. The molecule has 0 amide bonds. The van der Waals surface area contributed by atoms with Crippen LogP contribution in [-0.4, -0.2) is 0 Å². The van der Waals surface area contributed by atoms with Crippen molar-refractivity contribution in [3.8, 4) is 0 Å². The van der Waals surface area contributed by atoms with Gasteiger partial charge in [-0.3, -0.25) is 0 Å². The van der Waals surface area contributed by atoms with Crippen molar-refractivity contribution < 1.29 is 4.74 Å². The summed E-state index contributed by atoms with van der Waals surface area (Å²) < 4.78 is 5.46. The monoisotopic (exact) mass is 198 g/mol. The minimum Gasteiger partial charge on any atom is -0.469 e. The van der Waals surface area contributed by atoms with Crippen molar-refractivity contribution in [3.63, 3.8) is 0 Å². The van der Waals surface area contributed by atoms with E-state index in [-0.39, 0.29) is 0 Å². The van der Waals surface area contributed by atoms with Gasteiger partial charge in [0.1, 0.15) is 5.76 Å². The van der Waals surface area contributed by atoms with E-state index in [1.165, 1.54) is 11.1 Å². The highest BCUT2D eigenvalue weighted by Crippen LogP contribution is 2.40. The highest BCUT2D eigenvalue weighted by molar-refractivity contribution is 5.46. The van der Waals surface area contributed by atoms with Crippen molar-refractivity contribution in [2.75, 3.05) is 0 Å². The van der Waals surface area contributed by atoms with Gasteiger partial charge < -0.3 is 4.74 Å². The Labute approximate surface area is 90.1 Å². The number of hydrogen-bond donors (Lipinski definition) is 0. The van der Waals surface area contributed by atoms with Crippen molar-refractivity contribution in [1.29, 1.82) is 0 Å². The molecule has 0 saturated heterocycles. The molecule has 0 spiro atoms. The molecule has 1 aliphatic heterocycles. The largest absolute Gasteiger partial charge is 0.469 e. The quantitative estimate of drug-likeness (QED) is 0.626. The molecule has 0 unspecified atom stereocenters. The standard InChI is InChI=1S/C14H14O/c1-2-10-3-4-11-5-6-14-12(7-8-15-14)13(11)9-10/h3-9,12-13H,2H2,1H3/t12-,13+/m1/s1. The summed E-state index contributed by atoms with van der Waals surface area (Å²) in [7, 11) is 0. The molecule has 1 nitrogen and oxygen atoms in total. The van der Waals surface area contributed by atoms with Crippen LogP contribution in [-0.2, 0) is 4.74 Å². The number of fused-ring (bicyclic) bond motifs is 3. The topological polar surface area (TPSA) is 9.23 Å². The molecule has 0 saturated carbocycles. The Hall–Kier alpha value is -1.50. The van der Waals surface area contributed by atoms with E-state index < -0.39 is 0 Å². The third-order valence-corrected chi connectivity index (χ3v) is 3.32. The van der Waals surface area contributed by atoms with Crippen molar-refractivity contribution in [2.45, 2.75) is 13.3 Å². The van der Waals surface area contributed by atoms with Crippen LogP contribution in [0.3, 0.4) is 0 Å². The summed E-state index contributed by atoms with van der Waals surface area (Å²) in [5, 5.41) is 0. The Morgan fingerprint density at radius 1 is 1.20 bits per heavy atom. The Morgan fingerprint density at radius 3 is 3.00 bits per heavy atom. The van der Waals surface area contributed by atoms with Crippen molar-refractivity contribution in [2.24, 2.45) is 11.8 Å². The zero-order chi connectivity index (χ0) is 10.3. The molecule has 76 valence electrons. The van der Waals surface area contributed by atoms with Crippen LogP contribution in [0.2, 0.25) is 0 Å². The molecule has 0 radical (unpaired) electrons. The van der Waals surface area contributed by atoms with E-state index >= 15 is 0 Å². The van der Waals surface area contributed by atoms with Crippen molar-refractivity contribution in [3.05, 3.63) is 59.6 Å². The number of rotatable bonds is 1. The average molecular weight is 198 g/mol. The molecule has 1 heterocycles. The first-order chi connectivity index (χ1) is 7.38. The van der Waals surface area contributed by atoms with Crippen LogP contribution in [0, 0.1) is 11.8 Å². The molecule has 0 fully saturated rings. The Balaban J connectivity index is 2.01. The maximum absolute atomic E-state index is 5.46. The van der Waals surface area contributed by atoms with Gasteiger partial charge in [0.2, 0.25) is 0 Å². The van der Waals surface area contributed by atoms with E-state index in [1.807, 2.05) is 6.26 Å². The van der Waals surface area contributed by atoms with Crippen LogP contribution in [0.5, 0.6) is 0 Å². The third-order valence-electron chi connectivity index (χ3n) is 3.32. The summed E-state index contributed by atoms with van der Waals surface area (Å²) >= 11 is 0. The van der Waals surface area contributed by atoms with Gasteiger partial charge in [-0.05, 0) is 24.1 Å². The van der Waals surface area contributed by atoms with Gasteiger partial charge in [-0.15, -0.1) is 0 Å². The highest BCUT2D eigenvalue weighted by Gasteiger charge is 2.31. The number of hydrogen-bond acceptors (Lipinski definition) is 1. The molecule has 0 aromatic heterocycles. The van der Waals surface area contributed by atoms with E-state index in [0.29, 0.717) is 11.8 Å². The van der Waals surface area contributed by atoms with Crippen molar-refractivity contribution in [1.82, 2.24) is 0 Å². The summed E-state index contributed by atoms with van der Waals surface area (Å²) in [6, 6.07) is 0. The predicted molar refractivity (Wildman–Crippen MR) is 60.9 cm³/mol. The van der Waals surface area contributed by atoms with Crippen LogP contribution in [0.1, 0.15) is 13.3 Å². The summed E-state index contributed by atoms with van der Waals surface area (Å²) in [5.74, 6) is 2.01. The molecule has 0 N–H and O–H groups in total. The Morgan fingerprint density at radius 2 is 2.13 bits per heavy atom. The fourth-order valence-corrected chi connectivity index (χ4v) is 2.41. The minimum atomic E-state index is 0.427. The number of allylic oxidation sites excluding steroid dienone is 8. The zero-order valence-electron chi connectivity index (χ0n) is 8.81. The first-order valence-corrected chi connectivity index (χ1v) is 5.52. The maximum Gasteiger partial charge on any atom is 0.111 e. The van der Waals surface area contributed by atoms with Gasteiger partial charge >= 0.3 is 0 Å². The second-order valence-corrected chi connectivity index (χ2v) is 4.16. The van der Waals surface area contributed by atoms with Crippen LogP contribution >= 0.6 is 0 Å². The molecule has 3 aliphatic rings. The van der Waals surface area contributed by atoms with Gasteiger partial charge in [-0.2, -0.15) is 0 Å². The zero-order valence-corrected chi connectivity index (χ0v) is 8.81. The summed E-state index contributed by atoms with van der Waals surface area (Å²) in [5.41, 5.74) is 2.83. The molecule has 2 aliphatic carbocycles. The van der Waals surface area contributed by atoms with E-state index in [0.717, 1.165) is 12.2 Å². The lowest BCUT2D eigenvalue weighted by Gasteiger charge is -2.27. The van der Waals surface area contributed by atoms with E-state index in [9.17, 15) is 0 Å². The van der Waals surface area contributed by atoms with Gasteiger partial charge in [-0.1, -0.05) is 36.8 Å². The van der Waals surface area contributed by atoms with Crippen LogP contribution in [0.25, 0.3) is 0 Å². The summed E-state index contributed by atoms with van der Waals surface area (Å²) in [4.78, 5) is 0. The highest BCUT2D eigenvalue weighted by atomic mass is 16.5. The molecule has 0 aromatic rings. The van der Waals surface area contributed by atoms with Crippen LogP contribution in [0.15, 0.2) is 59.6 Å². The average Bonchev–Trinajstić information content (AvgIpc) is 2.76. The molecular formula is C14H14O. The second kappa shape index (κ2) is 3.27. The van der Waals surface area contributed by atoms with Crippen molar-refractivity contribution >= 4 is 0 Å². The van der Waals surface area contributed by atoms with Gasteiger partial charge in [0.05, 0.1) is 6.26 Å². The second-order valence-electron chi connectivity index (χ2n) is 4.16. The fourth-order valence-electron chi connectivity index (χ4n) is 2.41. The van der Waals surface area contributed by atoms with Gasteiger partial charge in [0.15, 0.2) is 0 Å². The van der Waals surface area contributed by atoms with Crippen LogP contribution in [0.4, 0.5) is 0 Å². The molecule has 3 rings (SSSR count). The van der Waals surface area contributed by atoms with E-state index in [2.05, 4.69) is 43.4 Å². The summed E-state index contributed by atoms with van der Waals surface area (Å²) in [6.07, 6.45) is 16.2. The fraction of sp³-hybridized carbons (Fsp3) is 0.286. The lowest BCUT2D eigenvalue weighted by molar-refractivity contribution is 0.327. The first kappa shape index (κ1) is 8.78. The van der Waals surface area contributed by atoms with Crippen LogP contribution < -0.4 is 0 Å². The predicted octanol–water partition coefficient (Wildman–Crippen LogP) is 3.49. The van der Waals surface area contributed by atoms with Gasteiger partial charge in [-0.25, -0.2) is 0 Å². The van der Waals surface area contributed by atoms with E-state index in [1.54, 1.807) is 0 Å². The summed E-state index contributed by atoms with van der Waals surface area (Å²) in [6.45, 7) is 2.20. The number of ether oxygens (including phenoxy) is 1. The van der Waals surface area contributed by atoms with Gasteiger partial charge in [0.25, 0.3) is 0 Å². The third kappa shape index (κ3) is 1.30. The SMILES string of the molecule is CCC1=C[C@H]2C(=CC=C3OC=C[C@@H]32)C=C1. The first-order valence-electron chi connectivity index (χ1n) is 5.52. The normalized spacial score (nSPS) is 31.1. The van der Waals surface area contributed by atoms with Gasteiger partial charge in [0, 0.05) is 11.8 Å². The smallest absolute Gasteiger partial charge is 0.111 e. The minimum absolute atomic E-state index is 0.427. The molecule has 0 aromatic carbocycles. The Kier molecular flexibility index (Phi) is 1.91. The maximum atomic E-state index is 5.46. The molecule has 15 heavy (non-hydrogen) atoms. The van der Waals surface area contributed by atoms with E-state index in [4.69, 9.17) is 4.74 Å². The molecule has 0 bridgehead atoms. The lowest BCUT2D eigenvalue weighted by atomic mass is 9.77. The molecule has 2 atom stereocenters. The molecule has 1 heteroatoms. The Bertz CT molecular complexity index is 432.